The van der Waals surface area contributed by atoms with E-state index in [0.717, 1.165) is 17.0 Å². The van der Waals surface area contributed by atoms with Gasteiger partial charge in [-0.2, -0.15) is 13.2 Å². The van der Waals surface area contributed by atoms with Crippen molar-refractivity contribution in [2.24, 2.45) is 0 Å². The van der Waals surface area contributed by atoms with Crippen molar-refractivity contribution in [1.29, 1.82) is 0 Å². The minimum absolute atomic E-state index is 0.103. The fourth-order valence-electron chi connectivity index (χ4n) is 3.35. The highest BCUT2D eigenvalue weighted by atomic mass is 19.4. The van der Waals surface area contributed by atoms with Crippen LogP contribution in [0.4, 0.5) is 13.2 Å². The zero-order valence-corrected chi connectivity index (χ0v) is 18.5. The molecule has 3 rings (SSSR count). The predicted octanol–water partition coefficient (Wildman–Crippen LogP) is 4.03. The summed E-state index contributed by atoms with van der Waals surface area (Å²) in [6, 6.07) is 9.07. The number of amides is 1. The molecule has 0 bridgehead atoms. The number of rotatable bonds is 9. The van der Waals surface area contributed by atoms with Crippen molar-refractivity contribution in [2.45, 2.75) is 32.5 Å². The molecule has 0 fully saturated rings. The monoisotopic (exact) mass is 479 g/mol. The van der Waals surface area contributed by atoms with Gasteiger partial charge in [-0.15, -0.1) is 0 Å². The van der Waals surface area contributed by atoms with E-state index in [-0.39, 0.29) is 38.3 Å². The van der Waals surface area contributed by atoms with Crippen LogP contribution in [0.3, 0.4) is 0 Å². The topological polar surface area (TPSA) is 82.1 Å². The van der Waals surface area contributed by atoms with Crippen LogP contribution in [0.2, 0.25) is 0 Å². The third-order valence-corrected chi connectivity index (χ3v) is 5.06. The number of Topliss-reactive ketones (excluding diaryl/α,β-unsaturated/α-hetero) is 1. The molecule has 0 atom stereocenters. The number of carbonyl (C=O) groups excluding carboxylic acids is 3. The first-order valence-electron chi connectivity index (χ1n) is 10.7. The Labute approximate surface area is 194 Å². The molecule has 7 nitrogen and oxygen atoms in total. The molecule has 34 heavy (non-hydrogen) atoms. The lowest BCUT2D eigenvalue weighted by molar-refractivity contribution is -0.149. The number of hydrogen-bond donors (Lipinski definition) is 0. The third kappa shape index (κ3) is 6.72. The first kappa shape index (κ1) is 25.1. The van der Waals surface area contributed by atoms with Gasteiger partial charge in [0.25, 0.3) is 0 Å². The number of esters is 1. The largest absolute Gasteiger partial charge is 0.486 e. The highest BCUT2D eigenvalue weighted by Gasteiger charge is 2.30. The van der Waals surface area contributed by atoms with E-state index >= 15 is 0 Å². The molecule has 2 aromatic rings. The maximum absolute atomic E-state index is 12.8. The number of nitrogens with zero attached hydrogens (tertiary/aromatic N) is 1. The molecule has 0 unspecified atom stereocenters. The Morgan fingerprint density at radius 3 is 2.29 bits per heavy atom. The number of alkyl halides is 3. The molecule has 10 heteroatoms. The number of ketones is 1. The van der Waals surface area contributed by atoms with Crippen LogP contribution in [-0.4, -0.2) is 48.9 Å². The van der Waals surface area contributed by atoms with Gasteiger partial charge in [-0.05, 0) is 42.8 Å². The first-order chi connectivity index (χ1) is 16.2. The Balaban J connectivity index is 1.66. The van der Waals surface area contributed by atoms with Gasteiger partial charge in [-0.25, -0.2) is 0 Å². The van der Waals surface area contributed by atoms with Gasteiger partial charge >= 0.3 is 12.1 Å². The lowest BCUT2D eigenvalue weighted by Crippen LogP contribution is -2.36. The number of ether oxygens (including phenoxy) is 3. The quantitative estimate of drug-likeness (QED) is 0.399. The Morgan fingerprint density at radius 1 is 0.971 bits per heavy atom. The van der Waals surface area contributed by atoms with Crippen molar-refractivity contribution in [3.63, 3.8) is 0 Å². The smallest absolute Gasteiger partial charge is 0.416 e. The summed E-state index contributed by atoms with van der Waals surface area (Å²) < 4.78 is 54.2. The lowest BCUT2D eigenvalue weighted by Gasteiger charge is -2.22. The second-order valence-electron chi connectivity index (χ2n) is 7.53. The van der Waals surface area contributed by atoms with Gasteiger partial charge in [0.2, 0.25) is 5.91 Å². The minimum atomic E-state index is -4.48. The van der Waals surface area contributed by atoms with Gasteiger partial charge in [0.1, 0.15) is 19.8 Å². The van der Waals surface area contributed by atoms with Crippen molar-refractivity contribution in [1.82, 2.24) is 4.90 Å². The van der Waals surface area contributed by atoms with Gasteiger partial charge in [-0.3, -0.25) is 14.4 Å². The Morgan fingerprint density at radius 2 is 1.65 bits per heavy atom. The molecule has 1 aliphatic rings. The van der Waals surface area contributed by atoms with Gasteiger partial charge in [-0.1, -0.05) is 12.1 Å². The van der Waals surface area contributed by atoms with Crippen LogP contribution in [0.5, 0.6) is 11.5 Å². The molecule has 1 amide bonds. The van der Waals surface area contributed by atoms with Crippen molar-refractivity contribution in [2.75, 3.05) is 26.4 Å². The SMILES string of the molecule is CCOC(=O)CN(Cc1ccc(C(F)(F)F)cc1)C(=O)CCC(=O)c1ccc2c(c1)OCCO2. The van der Waals surface area contributed by atoms with Crippen molar-refractivity contribution in [3.05, 3.63) is 59.2 Å². The Kier molecular flexibility index (Phi) is 8.14. The third-order valence-electron chi connectivity index (χ3n) is 5.06. The molecule has 0 saturated carbocycles. The van der Waals surface area contributed by atoms with Crippen LogP contribution in [0.15, 0.2) is 42.5 Å². The van der Waals surface area contributed by atoms with Crippen molar-refractivity contribution in [3.8, 4) is 11.5 Å². The lowest BCUT2D eigenvalue weighted by atomic mass is 10.0. The molecular formula is C24H24F3NO6. The summed E-state index contributed by atoms with van der Waals surface area (Å²) in [6.07, 6.45) is -4.79. The van der Waals surface area contributed by atoms with Crippen molar-refractivity contribution < 1.29 is 41.8 Å². The molecule has 0 saturated heterocycles. The second kappa shape index (κ2) is 11.0. The average Bonchev–Trinajstić information content (AvgIpc) is 2.81. The van der Waals surface area contributed by atoms with Crippen LogP contribution in [-0.2, 0) is 27.0 Å². The van der Waals surface area contributed by atoms with E-state index in [2.05, 4.69) is 0 Å². The summed E-state index contributed by atoms with van der Waals surface area (Å²) in [5.74, 6) is -0.457. The normalized spacial score (nSPS) is 12.7. The van der Waals surface area contributed by atoms with Gasteiger partial charge in [0.15, 0.2) is 17.3 Å². The van der Waals surface area contributed by atoms with E-state index in [0.29, 0.717) is 35.8 Å². The van der Waals surface area contributed by atoms with Gasteiger partial charge in [0.05, 0.1) is 12.2 Å². The zero-order valence-electron chi connectivity index (χ0n) is 18.5. The number of hydrogen-bond acceptors (Lipinski definition) is 6. The number of carbonyl (C=O) groups is 3. The summed E-state index contributed by atoms with van der Waals surface area (Å²) in [4.78, 5) is 38.6. The van der Waals surface area contributed by atoms with E-state index in [1.165, 1.54) is 12.1 Å². The highest BCUT2D eigenvalue weighted by Crippen LogP contribution is 2.31. The van der Waals surface area contributed by atoms with Gasteiger partial charge < -0.3 is 19.1 Å². The van der Waals surface area contributed by atoms with Crippen molar-refractivity contribution >= 4 is 17.7 Å². The molecule has 0 N–H and O–H groups in total. The van der Waals surface area contributed by atoms with Gasteiger partial charge in [0, 0.05) is 24.9 Å². The molecule has 0 aromatic heterocycles. The first-order valence-corrected chi connectivity index (χ1v) is 10.7. The molecule has 2 aromatic carbocycles. The van der Waals surface area contributed by atoms with Crippen LogP contribution >= 0.6 is 0 Å². The highest BCUT2D eigenvalue weighted by molar-refractivity contribution is 5.98. The summed E-state index contributed by atoms with van der Waals surface area (Å²) in [7, 11) is 0. The molecule has 0 spiro atoms. The summed E-state index contributed by atoms with van der Waals surface area (Å²) in [6.45, 7) is 2.04. The zero-order chi connectivity index (χ0) is 24.7. The minimum Gasteiger partial charge on any atom is -0.486 e. The average molecular weight is 479 g/mol. The molecule has 1 aliphatic heterocycles. The maximum atomic E-state index is 12.8. The maximum Gasteiger partial charge on any atom is 0.416 e. The molecule has 0 radical (unpaired) electrons. The molecular weight excluding hydrogens is 455 g/mol. The summed E-state index contributed by atoms with van der Waals surface area (Å²) >= 11 is 0. The summed E-state index contributed by atoms with van der Waals surface area (Å²) in [5, 5.41) is 0. The van der Waals surface area contributed by atoms with E-state index in [1.807, 2.05) is 0 Å². The fraction of sp³-hybridized carbons (Fsp3) is 0.375. The predicted molar refractivity (Wildman–Crippen MR) is 114 cm³/mol. The van der Waals surface area contributed by atoms with Crippen LogP contribution in [0.25, 0.3) is 0 Å². The van der Waals surface area contributed by atoms with E-state index < -0.39 is 23.6 Å². The Hall–Kier alpha value is -3.56. The van der Waals surface area contributed by atoms with E-state index in [1.54, 1.807) is 25.1 Å². The Bertz CT molecular complexity index is 1040. The van der Waals surface area contributed by atoms with Crippen LogP contribution in [0.1, 0.15) is 41.3 Å². The number of benzene rings is 2. The molecule has 1 heterocycles. The van der Waals surface area contributed by atoms with E-state index in [9.17, 15) is 27.6 Å². The fourth-order valence-corrected chi connectivity index (χ4v) is 3.35. The standard InChI is InChI=1S/C24H24F3NO6/c1-2-32-23(31)15-28(14-16-3-6-18(7-4-16)24(25,26)27)22(30)10-8-19(29)17-5-9-20-21(13-17)34-12-11-33-20/h3-7,9,13H,2,8,10-12,14-15H2,1H3. The summed E-state index contributed by atoms with van der Waals surface area (Å²) in [5.41, 5.74) is -0.0508. The van der Waals surface area contributed by atoms with Crippen LogP contribution in [0, 0.1) is 0 Å². The van der Waals surface area contributed by atoms with E-state index in [4.69, 9.17) is 14.2 Å². The molecule has 182 valence electrons. The number of halogens is 3. The number of fused-ring (bicyclic) bond motifs is 1. The second-order valence-corrected chi connectivity index (χ2v) is 7.53. The van der Waals surface area contributed by atoms with Crippen LogP contribution < -0.4 is 9.47 Å². The molecule has 0 aliphatic carbocycles.